The number of carboxylic acids is 1. The summed E-state index contributed by atoms with van der Waals surface area (Å²) >= 11 is 5.61. The van der Waals surface area contributed by atoms with Crippen molar-refractivity contribution in [3.05, 3.63) is 22.8 Å². The van der Waals surface area contributed by atoms with E-state index in [1.165, 1.54) is 6.92 Å². The molecule has 0 fully saturated rings. The van der Waals surface area contributed by atoms with Gasteiger partial charge in [0.15, 0.2) is 0 Å². The molecule has 1 aromatic rings. The number of carbonyl (C=O) groups is 2. The lowest BCUT2D eigenvalue weighted by Crippen LogP contribution is -2.05. The minimum atomic E-state index is -1.14. The summed E-state index contributed by atoms with van der Waals surface area (Å²) in [5.41, 5.74) is -0.0640. The molecule has 0 aliphatic rings. The van der Waals surface area contributed by atoms with Crippen LogP contribution in [0.25, 0.3) is 0 Å². The predicted molar refractivity (Wildman–Crippen MR) is 47.5 cm³/mol. The minimum Gasteiger partial charge on any atom is -0.478 e. The number of carbonyl (C=O) groups excluding carboxylic acids is 1. The van der Waals surface area contributed by atoms with Crippen LogP contribution in [-0.2, 0) is 4.79 Å². The number of aromatic carboxylic acids is 1. The first kappa shape index (κ1) is 10.5. The van der Waals surface area contributed by atoms with E-state index in [2.05, 4.69) is 9.72 Å². The Morgan fingerprint density at radius 1 is 1.57 bits per heavy atom. The maximum Gasteiger partial charge on any atom is 0.337 e. The van der Waals surface area contributed by atoms with Gasteiger partial charge in [-0.25, -0.2) is 9.78 Å². The van der Waals surface area contributed by atoms with Gasteiger partial charge in [-0.15, -0.1) is 0 Å². The lowest BCUT2D eigenvalue weighted by atomic mass is 10.3. The third-order valence-electron chi connectivity index (χ3n) is 1.29. The highest BCUT2D eigenvalue weighted by atomic mass is 35.5. The van der Waals surface area contributed by atoms with Gasteiger partial charge in [-0.2, -0.15) is 0 Å². The smallest absolute Gasteiger partial charge is 0.337 e. The molecule has 0 aliphatic heterocycles. The highest BCUT2D eigenvalue weighted by molar-refractivity contribution is 6.32. The lowest BCUT2D eigenvalue weighted by Gasteiger charge is -2.02. The van der Waals surface area contributed by atoms with Gasteiger partial charge in [-0.1, -0.05) is 11.6 Å². The molecule has 0 saturated heterocycles. The number of nitrogens with zero attached hydrogens (tertiary/aromatic N) is 1. The molecule has 5 nitrogen and oxygen atoms in total. The lowest BCUT2D eigenvalue weighted by molar-refractivity contribution is -0.132. The Hall–Kier alpha value is -1.62. The van der Waals surface area contributed by atoms with Crippen molar-refractivity contribution in [3.63, 3.8) is 0 Å². The maximum atomic E-state index is 10.5. The zero-order valence-electron chi connectivity index (χ0n) is 7.15. The fourth-order valence-electron chi connectivity index (χ4n) is 0.754. The Morgan fingerprint density at radius 3 is 2.64 bits per heavy atom. The summed E-state index contributed by atoms with van der Waals surface area (Å²) in [6.45, 7) is 1.20. The van der Waals surface area contributed by atoms with E-state index < -0.39 is 11.9 Å². The molecular formula is C8H6ClNO4. The molecule has 0 atom stereocenters. The average Bonchev–Trinajstić information content (AvgIpc) is 2.07. The molecule has 14 heavy (non-hydrogen) atoms. The third kappa shape index (κ3) is 2.43. The Balaban J connectivity index is 3.01. The number of hydrogen-bond donors (Lipinski definition) is 1. The molecule has 1 N–H and O–H groups in total. The van der Waals surface area contributed by atoms with Crippen LogP contribution in [-0.4, -0.2) is 22.0 Å². The monoisotopic (exact) mass is 215 g/mol. The molecule has 0 bridgehead atoms. The van der Waals surface area contributed by atoms with Gasteiger partial charge in [0.1, 0.15) is 5.02 Å². The number of ether oxygens (including phenoxy) is 1. The van der Waals surface area contributed by atoms with Gasteiger partial charge in [0, 0.05) is 13.1 Å². The summed E-state index contributed by atoms with van der Waals surface area (Å²) in [6.07, 6.45) is 1.06. The van der Waals surface area contributed by atoms with Crippen LogP contribution in [0.3, 0.4) is 0 Å². The maximum absolute atomic E-state index is 10.5. The molecule has 0 aliphatic carbocycles. The fourth-order valence-corrected chi connectivity index (χ4v) is 0.958. The summed E-state index contributed by atoms with van der Waals surface area (Å²) < 4.78 is 4.60. The van der Waals surface area contributed by atoms with Crippen LogP contribution in [0.2, 0.25) is 5.02 Å². The van der Waals surface area contributed by atoms with E-state index in [1.54, 1.807) is 0 Å². The molecule has 1 rings (SSSR count). The number of esters is 1. The molecule has 0 spiro atoms. The van der Waals surface area contributed by atoms with E-state index >= 15 is 0 Å². The van der Waals surface area contributed by atoms with Crippen molar-refractivity contribution >= 4 is 23.5 Å². The largest absolute Gasteiger partial charge is 0.478 e. The Morgan fingerprint density at radius 2 is 2.21 bits per heavy atom. The number of aromatic nitrogens is 1. The van der Waals surface area contributed by atoms with E-state index in [4.69, 9.17) is 16.7 Å². The highest BCUT2D eigenvalue weighted by Gasteiger charge is 2.10. The van der Waals surface area contributed by atoms with Gasteiger partial charge in [-0.05, 0) is 6.07 Å². The SMILES string of the molecule is CC(=O)Oc1ncc(C(=O)O)cc1Cl. The van der Waals surface area contributed by atoms with E-state index in [9.17, 15) is 9.59 Å². The second-order valence-corrected chi connectivity index (χ2v) is 2.82. The molecule has 0 aromatic carbocycles. The van der Waals surface area contributed by atoms with Crippen molar-refractivity contribution < 1.29 is 19.4 Å². The molecule has 0 unspecified atom stereocenters. The molecule has 0 saturated carbocycles. The molecule has 1 heterocycles. The molecule has 0 radical (unpaired) electrons. The second kappa shape index (κ2) is 4.06. The van der Waals surface area contributed by atoms with Gasteiger partial charge in [0.25, 0.3) is 0 Å². The number of pyridine rings is 1. The summed E-state index contributed by atoms with van der Waals surface area (Å²) in [5.74, 6) is -1.81. The van der Waals surface area contributed by atoms with Crippen LogP contribution in [0.5, 0.6) is 5.88 Å². The average molecular weight is 216 g/mol. The molecule has 1 aromatic heterocycles. The van der Waals surface area contributed by atoms with Crippen LogP contribution < -0.4 is 4.74 Å². The summed E-state index contributed by atoms with van der Waals surface area (Å²) in [7, 11) is 0. The van der Waals surface area contributed by atoms with E-state index in [-0.39, 0.29) is 16.5 Å². The standard InChI is InChI=1S/C8H6ClNO4/c1-4(11)14-7-6(9)2-5(3-10-7)8(12)13/h2-3H,1H3,(H,12,13). The van der Waals surface area contributed by atoms with Crippen molar-refractivity contribution in [1.29, 1.82) is 0 Å². The van der Waals surface area contributed by atoms with E-state index in [0.29, 0.717) is 0 Å². The van der Waals surface area contributed by atoms with Crippen LogP contribution in [0.4, 0.5) is 0 Å². The summed E-state index contributed by atoms with van der Waals surface area (Å²) in [4.78, 5) is 24.6. The quantitative estimate of drug-likeness (QED) is 0.754. The molecule has 0 amide bonds. The minimum absolute atomic E-state index is 0.0138. The number of carboxylic acid groups (broad SMARTS) is 1. The molecule has 6 heteroatoms. The van der Waals surface area contributed by atoms with Gasteiger partial charge in [0.2, 0.25) is 5.88 Å². The number of halogens is 1. The van der Waals surface area contributed by atoms with Crippen LogP contribution in [0.15, 0.2) is 12.3 Å². The first-order valence-corrected chi connectivity index (χ1v) is 3.95. The van der Waals surface area contributed by atoms with Crippen LogP contribution in [0.1, 0.15) is 17.3 Å². The first-order chi connectivity index (χ1) is 6.50. The van der Waals surface area contributed by atoms with E-state index in [0.717, 1.165) is 12.3 Å². The zero-order valence-corrected chi connectivity index (χ0v) is 7.91. The van der Waals surface area contributed by atoms with Crippen LogP contribution >= 0.6 is 11.6 Å². The Bertz CT molecular complexity index is 391. The third-order valence-corrected chi connectivity index (χ3v) is 1.57. The second-order valence-electron chi connectivity index (χ2n) is 2.41. The van der Waals surface area contributed by atoms with Crippen molar-refractivity contribution in [2.75, 3.05) is 0 Å². The zero-order chi connectivity index (χ0) is 10.7. The molecular weight excluding hydrogens is 210 g/mol. The number of rotatable bonds is 2. The normalized spacial score (nSPS) is 9.57. The topological polar surface area (TPSA) is 76.5 Å². The van der Waals surface area contributed by atoms with Crippen molar-refractivity contribution in [3.8, 4) is 5.88 Å². The fraction of sp³-hybridized carbons (Fsp3) is 0.125. The van der Waals surface area contributed by atoms with Gasteiger partial charge in [-0.3, -0.25) is 4.79 Å². The summed E-state index contributed by atoms with van der Waals surface area (Å²) in [5, 5.41) is 8.56. The molecule has 74 valence electrons. The van der Waals surface area contributed by atoms with Crippen molar-refractivity contribution in [1.82, 2.24) is 4.98 Å². The highest BCUT2D eigenvalue weighted by Crippen LogP contribution is 2.22. The van der Waals surface area contributed by atoms with Gasteiger partial charge >= 0.3 is 11.9 Å². The van der Waals surface area contributed by atoms with Crippen LogP contribution in [0, 0.1) is 0 Å². The Labute approximate surface area is 84.3 Å². The van der Waals surface area contributed by atoms with Crippen molar-refractivity contribution in [2.45, 2.75) is 6.92 Å². The van der Waals surface area contributed by atoms with Gasteiger partial charge in [0.05, 0.1) is 5.56 Å². The predicted octanol–water partition coefficient (Wildman–Crippen LogP) is 1.36. The van der Waals surface area contributed by atoms with Gasteiger partial charge < -0.3 is 9.84 Å². The Kier molecular flexibility index (Phi) is 3.03. The first-order valence-electron chi connectivity index (χ1n) is 3.58. The summed E-state index contributed by atoms with van der Waals surface area (Å²) in [6, 6.07) is 1.16. The van der Waals surface area contributed by atoms with E-state index in [1.807, 2.05) is 0 Å². The number of hydrogen-bond acceptors (Lipinski definition) is 4. The van der Waals surface area contributed by atoms with Crippen molar-refractivity contribution in [2.24, 2.45) is 0 Å².